The van der Waals surface area contributed by atoms with Gasteiger partial charge in [0, 0.05) is 0 Å². The van der Waals surface area contributed by atoms with Crippen LogP contribution in [0, 0.1) is 25.5 Å². The number of aryl methyl sites for hydroxylation is 2. The van der Waals surface area contributed by atoms with Gasteiger partial charge in [-0.25, -0.2) is 8.78 Å². The molecule has 0 amide bonds. The molecule has 0 bridgehead atoms. The second-order valence-electron chi connectivity index (χ2n) is 5.07. The van der Waals surface area contributed by atoms with Crippen LogP contribution in [0.3, 0.4) is 0 Å². The molecule has 3 rings (SSSR count). The molecule has 0 radical (unpaired) electrons. The number of halogens is 2. The Hall–Kier alpha value is -2.22. The van der Waals surface area contributed by atoms with Crippen LogP contribution in [-0.2, 0) is 0 Å². The van der Waals surface area contributed by atoms with Gasteiger partial charge in [-0.3, -0.25) is 0 Å². The van der Waals surface area contributed by atoms with Crippen LogP contribution < -0.4 is 0 Å². The monoisotopic (exact) mass is 268 g/mol. The molecule has 0 nitrogen and oxygen atoms in total. The predicted octanol–water partition coefficient (Wildman–Crippen LogP) is 5.40. The number of benzene rings is 3. The molecule has 2 heteroatoms. The summed E-state index contributed by atoms with van der Waals surface area (Å²) in [5, 5.41) is 1.92. The van der Waals surface area contributed by atoms with Gasteiger partial charge in [-0.1, -0.05) is 24.3 Å². The molecule has 0 aliphatic rings. The van der Waals surface area contributed by atoms with E-state index in [0.29, 0.717) is 0 Å². The summed E-state index contributed by atoms with van der Waals surface area (Å²) >= 11 is 0. The van der Waals surface area contributed by atoms with Crippen molar-refractivity contribution in [1.82, 2.24) is 0 Å². The Labute approximate surface area is 116 Å². The molecular formula is C18H14F2. The maximum Gasteiger partial charge on any atom is 0.123 e. The third-order valence-corrected chi connectivity index (χ3v) is 3.69. The van der Waals surface area contributed by atoms with E-state index in [1.165, 1.54) is 18.2 Å². The molecular weight excluding hydrogens is 254 g/mol. The number of fused-ring (bicyclic) bond motifs is 1. The molecule has 0 aromatic heterocycles. The topological polar surface area (TPSA) is 0 Å². The van der Waals surface area contributed by atoms with Crippen LogP contribution in [0.5, 0.6) is 0 Å². The van der Waals surface area contributed by atoms with Gasteiger partial charge in [0.05, 0.1) is 0 Å². The van der Waals surface area contributed by atoms with Gasteiger partial charge in [-0.2, -0.15) is 0 Å². The third kappa shape index (κ3) is 2.07. The fourth-order valence-corrected chi connectivity index (χ4v) is 2.78. The minimum Gasteiger partial charge on any atom is -0.207 e. The summed E-state index contributed by atoms with van der Waals surface area (Å²) in [4.78, 5) is 0. The van der Waals surface area contributed by atoms with Crippen LogP contribution in [0.4, 0.5) is 8.78 Å². The summed E-state index contributed by atoms with van der Waals surface area (Å²) in [6, 6.07) is 13.3. The normalized spacial score (nSPS) is 11.0. The lowest BCUT2D eigenvalue weighted by atomic mass is 9.91. The first-order chi connectivity index (χ1) is 9.56. The molecule has 3 aromatic rings. The van der Waals surface area contributed by atoms with Crippen molar-refractivity contribution in [1.29, 1.82) is 0 Å². The fraction of sp³-hybridized carbons (Fsp3) is 0.111. The van der Waals surface area contributed by atoms with Gasteiger partial charge >= 0.3 is 0 Å². The summed E-state index contributed by atoms with van der Waals surface area (Å²) in [6.07, 6.45) is 0. The van der Waals surface area contributed by atoms with Crippen LogP contribution in [0.1, 0.15) is 11.1 Å². The second kappa shape index (κ2) is 4.71. The smallest absolute Gasteiger partial charge is 0.123 e. The summed E-state index contributed by atoms with van der Waals surface area (Å²) in [5.41, 5.74) is 4.12. The van der Waals surface area contributed by atoms with Crippen LogP contribution >= 0.6 is 0 Å². The van der Waals surface area contributed by atoms with Crippen LogP contribution in [0.25, 0.3) is 21.9 Å². The molecule has 0 fully saturated rings. The molecule has 100 valence electrons. The first-order valence-corrected chi connectivity index (χ1v) is 6.51. The molecule has 20 heavy (non-hydrogen) atoms. The van der Waals surface area contributed by atoms with E-state index in [1.807, 2.05) is 19.9 Å². The van der Waals surface area contributed by atoms with E-state index in [2.05, 4.69) is 0 Å². The average molecular weight is 268 g/mol. The summed E-state index contributed by atoms with van der Waals surface area (Å²) in [6.45, 7) is 4.00. The summed E-state index contributed by atoms with van der Waals surface area (Å²) in [5.74, 6) is -0.495. The minimum absolute atomic E-state index is 0.241. The molecule has 0 heterocycles. The molecule has 0 aliphatic carbocycles. The highest BCUT2D eigenvalue weighted by molar-refractivity contribution is 5.93. The highest BCUT2D eigenvalue weighted by atomic mass is 19.1. The number of hydrogen-bond acceptors (Lipinski definition) is 0. The van der Waals surface area contributed by atoms with E-state index < -0.39 is 0 Å². The van der Waals surface area contributed by atoms with Crippen molar-refractivity contribution >= 4 is 10.8 Å². The predicted molar refractivity (Wildman–Crippen MR) is 78.8 cm³/mol. The maximum atomic E-state index is 13.5. The van der Waals surface area contributed by atoms with E-state index >= 15 is 0 Å². The van der Waals surface area contributed by atoms with Gasteiger partial charge in [-0.15, -0.1) is 0 Å². The van der Waals surface area contributed by atoms with Gasteiger partial charge in [0.2, 0.25) is 0 Å². The van der Waals surface area contributed by atoms with Crippen molar-refractivity contribution in [3.63, 3.8) is 0 Å². The Morgan fingerprint density at radius 3 is 2.10 bits per heavy atom. The van der Waals surface area contributed by atoms with Crippen molar-refractivity contribution in [2.24, 2.45) is 0 Å². The number of rotatable bonds is 1. The van der Waals surface area contributed by atoms with E-state index in [1.54, 1.807) is 24.3 Å². The molecule has 0 saturated heterocycles. The van der Waals surface area contributed by atoms with E-state index in [0.717, 1.165) is 33.0 Å². The first kappa shape index (κ1) is 12.8. The lowest BCUT2D eigenvalue weighted by Crippen LogP contribution is -1.91. The average Bonchev–Trinajstić information content (AvgIpc) is 2.42. The second-order valence-corrected chi connectivity index (χ2v) is 5.07. The van der Waals surface area contributed by atoms with Crippen LogP contribution in [0.15, 0.2) is 48.5 Å². The summed E-state index contributed by atoms with van der Waals surface area (Å²) in [7, 11) is 0. The zero-order valence-electron chi connectivity index (χ0n) is 11.4. The van der Waals surface area contributed by atoms with Gasteiger partial charge in [-0.05, 0) is 71.1 Å². The molecule has 0 aliphatic heterocycles. The van der Waals surface area contributed by atoms with Gasteiger partial charge < -0.3 is 0 Å². The lowest BCUT2D eigenvalue weighted by molar-refractivity contribution is 0.628. The largest absolute Gasteiger partial charge is 0.207 e. The molecule has 0 saturated carbocycles. The van der Waals surface area contributed by atoms with Gasteiger partial charge in [0.15, 0.2) is 0 Å². The Morgan fingerprint density at radius 2 is 1.40 bits per heavy atom. The van der Waals surface area contributed by atoms with E-state index in [9.17, 15) is 8.78 Å². The number of hydrogen-bond donors (Lipinski definition) is 0. The SMILES string of the molecule is Cc1cc2ccc(F)cc2c(C)c1-c1ccc(F)cc1. The molecule has 0 unspecified atom stereocenters. The molecule has 0 N–H and O–H groups in total. The first-order valence-electron chi connectivity index (χ1n) is 6.51. The highest BCUT2D eigenvalue weighted by Crippen LogP contribution is 2.33. The van der Waals surface area contributed by atoms with Crippen molar-refractivity contribution < 1.29 is 8.78 Å². The van der Waals surface area contributed by atoms with Crippen LogP contribution in [0.2, 0.25) is 0 Å². The Balaban J connectivity index is 2.32. The standard InChI is InChI=1S/C18H14F2/c1-11-9-14-5-8-16(20)10-17(14)12(2)18(11)13-3-6-15(19)7-4-13/h3-10H,1-2H3. The lowest BCUT2D eigenvalue weighted by Gasteiger charge is -2.14. The van der Waals surface area contributed by atoms with E-state index in [-0.39, 0.29) is 11.6 Å². The minimum atomic E-state index is -0.254. The Kier molecular flexibility index (Phi) is 3.01. The highest BCUT2D eigenvalue weighted by Gasteiger charge is 2.10. The van der Waals surface area contributed by atoms with E-state index in [4.69, 9.17) is 0 Å². The van der Waals surface area contributed by atoms with Crippen molar-refractivity contribution in [3.05, 3.63) is 71.3 Å². The van der Waals surface area contributed by atoms with Crippen molar-refractivity contribution in [3.8, 4) is 11.1 Å². The third-order valence-electron chi connectivity index (χ3n) is 3.69. The van der Waals surface area contributed by atoms with Gasteiger partial charge in [0.1, 0.15) is 11.6 Å². The Morgan fingerprint density at radius 1 is 0.750 bits per heavy atom. The summed E-state index contributed by atoms with van der Waals surface area (Å²) < 4.78 is 26.5. The molecule has 0 spiro atoms. The zero-order valence-corrected chi connectivity index (χ0v) is 11.4. The molecule has 0 atom stereocenters. The fourth-order valence-electron chi connectivity index (χ4n) is 2.78. The Bertz CT molecular complexity index is 787. The van der Waals surface area contributed by atoms with Gasteiger partial charge in [0.25, 0.3) is 0 Å². The zero-order chi connectivity index (χ0) is 14.3. The van der Waals surface area contributed by atoms with Crippen molar-refractivity contribution in [2.45, 2.75) is 13.8 Å². The molecule has 3 aromatic carbocycles. The van der Waals surface area contributed by atoms with Crippen molar-refractivity contribution in [2.75, 3.05) is 0 Å². The quantitative estimate of drug-likeness (QED) is 0.554. The van der Waals surface area contributed by atoms with Crippen LogP contribution in [-0.4, -0.2) is 0 Å². The maximum absolute atomic E-state index is 13.5.